The van der Waals surface area contributed by atoms with Crippen LogP contribution in [0.25, 0.3) is 11.5 Å². The molecule has 0 bridgehead atoms. The van der Waals surface area contributed by atoms with Gasteiger partial charge >= 0.3 is 0 Å². The van der Waals surface area contributed by atoms with Gasteiger partial charge in [0.05, 0.1) is 12.0 Å². The van der Waals surface area contributed by atoms with Crippen molar-refractivity contribution in [2.24, 2.45) is 0 Å². The number of hydrogen-bond acceptors (Lipinski definition) is 5. The number of hydrogen-bond donors (Lipinski definition) is 0. The van der Waals surface area contributed by atoms with Crippen LogP contribution in [0.3, 0.4) is 0 Å². The number of nitrogens with zero attached hydrogens (tertiary/aromatic N) is 2. The maximum atomic E-state index is 12.7. The van der Waals surface area contributed by atoms with Crippen LogP contribution >= 0.6 is 0 Å². The van der Waals surface area contributed by atoms with E-state index in [4.69, 9.17) is 8.94 Å². The van der Waals surface area contributed by atoms with Crippen LogP contribution in [0, 0.1) is 0 Å². The van der Waals surface area contributed by atoms with E-state index in [1.54, 1.807) is 47.4 Å². The molecule has 1 aliphatic heterocycles. The Balaban J connectivity index is 1.68. The number of benzene rings is 1. The summed E-state index contributed by atoms with van der Waals surface area (Å²) in [4.78, 5) is 26.2. The Labute approximate surface area is 131 Å². The van der Waals surface area contributed by atoms with E-state index < -0.39 is 0 Å². The third kappa shape index (κ3) is 2.24. The zero-order valence-corrected chi connectivity index (χ0v) is 12.1. The number of Topliss-reactive ketones (excluding diaryl/α,β-unsaturated/α-hetero) is 1. The van der Waals surface area contributed by atoms with Crippen molar-refractivity contribution in [3.05, 3.63) is 60.0 Å². The molecule has 0 saturated carbocycles. The molecule has 3 heterocycles. The van der Waals surface area contributed by atoms with Gasteiger partial charge < -0.3 is 13.8 Å². The van der Waals surface area contributed by atoms with Crippen molar-refractivity contribution >= 4 is 17.4 Å². The van der Waals surface area contributed by atoms with Gasteiger partial charge in [0.25, 0.3) is 5.91 Å². The highest BCUT2D eigenvalue weighted by molar-refractivity contribution is 6.12. The number of fused-ring (bicyclic) bond motifs is 1. The van der Waals surface area contributed by atoms with Gasteiger partial charge in [-0.25, -0.2) is 0 Å². The predicted octanol–water partition coefficient (Wildman–Crippen LogP) is 3.17. The third-order valence-corrected chi connectivity index (χ3v) is 3.80. The van der Waals surface area contributed by atoms with Crippen LogP contribution in [0.1, 0.15) is 27.3 Å². The molecule has 0 atom stereocenters. The fourth-order valence-electron chi connectivity index (χ4n) is 2.67. The number of amides is 1. The van der Waals surface area contributed by atoms with Crippen LogP contribution in [0.2, 0.25) is 0 Å². The molecule has 6 heteroatoms. The molecule has 4 rings (SSSR count). The lowest BCUT2D eigenvalue weighted by atomic mass is 10.00. The summed E-state index contributed by atoms with van der Waals surface area (Å²) < 4.78 is 10.4. The number of carbonyl (C=O) groups excluding carboxylic acids is 2. The molecule has 2 aromatic heterocycles. The Morgan fingerprint density at radius 2 is 2.00 bits per heavy atom. The Hall–Kier alpha value is -3.15. The van der Waals surface area contributed by atoms with E-state index in [2.05, 4.69) is 5.16 Å². The molecule has 0 fully saturated rings. The van der Waals surface area contributed by atoms with E-state index in [0.29, 0.717) is 35.7 Å². The molecular formula is C17H12N2O4. The Morgan fingerprint density at radius 1 is 1.13 bits per heavy atom. The summed E-state index contributed by atoms with van der Waals surface area (Å²) in [5.74, 6) is 0.637. The maximum absolute atomic E-state index is 12.7. The molecule has 114 valence electrons. The summed E-state index contributed by atoms with van der Waals surface area (Å²) in [6.07, 6.45) is 1.82. The van der Waals surface area contributed by atoms with Crippen LogP contribution < -0.4 is 4.90 Å². The van der Waals surface area contributed by atoms with E-state index >= 15 is 0 Å². The molecule has 1 aromatic carbocycles. The molecular weight excluding hydrogens is 296 g/mol. The van der Waals surface area contributed by atoms with Gasteiger partial charge in [0.1, 0.15) is 0 Å². The lowest BCUT2D eigenvalue weighted by Gasteiger charge is -2.27. The monoisotopic (exact) mass is 308 g/mol. The summed E-state index contributed by atoms with van der Waals surface area (Å²) in [7, 11) is 0. The number of rotatable bonds is 2. The SMILES string of the molecule is O=C1CCN(C(=O)c2cc(-c3ccco3)on2)c2ccccc21. The lowest BCUT2D eigenvalue weighted by Crippen LogP contribution is -2.37. The molecule has 0 N–H and O–H groups in total. The first kappa shape index (κ1) is 13.5. The number of aromatic nitrogens is 1. The smallest absolute Gasteiger partial charge is 0.280 e. The minimum Gasteiger partial charge on any atom is -0.461 e. The highest BCUT2D eigenvalue weighted by atomic mass is 16.5. The van der Waals surface area contributed by atoms with E-state index in [-0.39, 0.29) is 17.4 Å². The van der Waals surface area contributed by atoms with Gasteiger partial charge in [-0.1, -0.05) is 17.3 Å². The highest BCUT2D eigenvalue weighted by Gasteiger charge is 2.29. The number of ketones is 1. The minimum atomic E-state index is -0.300. The van der Waals surface area contributed by atoms with E-state index in [0.717, 1.165) is 0 Å². The summed E-state index contributed by atoms with van der Waals surface area (Å²) in [5.41, 5.74) is 1.35. The zero-order chi connectivity index (χ0) is 15.8. The lowest BCUT2D eigenvalue weighted by molar-refractivity contribution is 0.0950. The largest absolute Gasteiger partial charge is 0.461 e. The average Bonchev–Trinajstić information content (AvgIpc) is 3.26. The van der Waals surface area contributed by atoms with Crippen molar-refractivity contribution in [1.82, 2.24) is 5.16 Å². The van der Waals surface area contributed by atoms with Gasteiger partial charge in [-0.2, -0.15) is 0 Å². The molecule has 0 saturated heterocycles. The predicted molar refractivity (Wildman–Crippen MR) is 81.3 cm³/mol. The maximum Gasteiger partial charge on any atom is 0.280 e. The van der Waals surface area contributed by atoms with Crippen LogP contribution in [0.15, 0.2) is 57.7 Å². The van der Waals surface area contributed by atoms with Crippen molar-refractivity contribution in [2.45, 2.75) is 6.42 Å². The Bertz CT molecular complexity index is 880. The standard InChI is InChI=1S/C17H12N2O4/c20-14-7-8-19(13-5-2-1-4-11(13)14)17(21)12-10-16(23-18-12)15-6-3-9-22-15/h1-6,9-10H,7-8H2. The van der Waals surface area contributed by atoms with E-state index in [9.17, 15) is 9.59 Å². The van der Waals surface area contributed by atoms with Gasteiger partial charge in [0.15, 0.2) is 17.2 Å². The highest BCUT2D eigenvalue weighted by Crippen LogP contribution is 2.29. The van der Waals surface area contributed by atoms with Crippen LogP contribution in [0.4, 0.5) is 5.69 Å². The van der Waals surface area contributed by atoms with E-state index in [1.165, 1.54) is 6.26 Å². The summed E-state index contributed by atoms with van der Waals surface area (Å²) >= 11 is 0. The molecule has 6 nitrogen and oxygen atoms in total. The second kappa shape index (κ2) is 5.24. The van der Waals surface area contributed by atoms with E-state index in [1.807, 2.05) is 0 Å². The molecule has 0 spiro atoms. The number of para-hydroxylation sites is 1. The van der Waals surface area contributed by atoms with Crippen molar-refractivity contribution in [1.29, 1.82) is 0 Å². The third-order valence-electron chi connectivity index (χ3n) is 3.80. The quantitative estimate of drug-likeness (QED) is 0.726. The number of furan rings is 1. The zero-order valence-electron chi connectivity index (χ0n) is 12.1. The molecule has 1 amide bonds. The second-order valence-electron chi connectivity index (χ2n) is 5.20. The van der Waals surface area contributed by atoms with Gasteiger partial charge in [-0.3, -0.25) is 9.59 Å². The van der Waals surface area contributed by atoms with Crippen LogP contribution in [-0.4, -0.2) is 23.4 Å². The fourth-order valence-corrected chi connectivity index (χ4v) is 2.67. The van der Waals surface area contributed by atoms with Crippen LogP contribution in [0.5, 0.6) is 0 Å². The first-order chi connectivity index (χ1) is 11.2. The van der Waals surface area contributed by atoms with Gasteiger partial charge in [0, 0.05) is 24.6 Å². The van der Waals surface area contributed by atoms with Crippen molar-refractivity contribution in [2.75, 3.05) is 11.4 Å². The second-order valence-corrected chi connectivity index (χ2v) is 5.20. The fraction of sp³-hybridized carbons (Fsp3) is 0.118. The number of anilines is 1. The molecule has 0 aliphatic carbocycles. The molecule has 0 unspecified atom stereocenters. The van der Waals surface area contributed by atoms with Gasteiger partial charge in [-0.15, -0.1) is 0 Å². The Morgan fingerprint density at radius 3 is 2.83 bits per heavy atom. The summed E-state index contributed by atoms with van der Waals surface area (Å²) in [6.45, 7) is 0.331. The van der Waals surface area contributed by atoms with Gasteiger partial charge in [-0.05, 0) is 24.3 Å². The van der Waals surface area contributed by atoms with Crippen molar-refractivity contribution in [3.8, 4) is 11.5 Å². The normalized spacial score (nSPS) is 13.9. The average molecular weight is 308 g/mol. The first-order valence-electron chi connectivity index (χ1n) is 7.19. The van der Waals surface area contributed by atoms with Crippen molar-refractivity contribution < 1.29 is 18.5 Å². The summed E-state index contributed by atoms with van der Waals surface area (Å²) in [5, 5.41) is 3.83. The van der Waals surface area contributed by atoms with Crippen molar-refractivity contribution in [3.63, 3.8) is 0 Å². The molecule has 1 aliphatic rings. The van der Waals surface area contributed by atoms with Gasteiger partial charge in [0.2, 0.25) is 5.76 Å². The number of carbonyl (C=O) groups is 2. The Kier molecular flexibility index (Phi) is 3.08. The first-order valence-corrected chi connectivity index (χ1v) is 7.19. The summed E-state index contributed by atoms with van der Waals surface area (Å²) in [6, 6.07) is 12.1. The topological polar surface area (TPSA) is 76.6 Å². The molecule has 3 aromatic rings. The molecule has 0 radical (unpaired) electrons. The minimum absolute atomic E-state index is 0.0427. The molecule has 23 heavy (non-hydrogen) atoms. The van der Waals surface area contributed by atoms with Crippen LogP contribution in [-0.2, 0) is 0 Å².